The summed E-state index contributed by atoms with van der Waals surface area (Å²) >= 11 is 9.37. The third-order valence-corrected chi connectivity index (χ3v) is 6.13. The fraction of sp³-hybridized carbons (Fsp3) is 0.154. The Hall–Kier alpha value is -3.29. The number of hydrogen-bond donors (Lipinski definition) is 1. The van der Waals surface area contributed by atoms with E-state index in [4.69, 9.17) is 21.1 Å². The van der Waals surface area contributed by atoms with E-state index in [1.165, 1.54) is 4.90 Å². The number of anilines is 1. The van der Waals surface area contributed by atoms with Crippen molar-refractivity contribution in [1.82, 2.24) is 5.32 Å². The molecular formula is C26H22BrClN2O4. The van der Waals surface area contributed by atoms with Crippen molar-refractivity contribution in [1.29, 1.82) is 0 Å². The summed E-state index contributed by atoms with van der Waals surface area (Å²) in [5.41, 5.74) is 2.37. The van der Waals surface area contributed by atoms with Gasteiger partial charge >= 0.3 is 0 Å². The van der Waals surface area contributed by atoms with Crippen LogP contribution in [0.15, 0.2) is 77.0 Å². The summed E-state index contributed by atoms with van der Waals surface area (Å²) in [6.45, 7) is 0.326. The Morgan fingerprint density at radius 2 is 1.91 bits per heavy atom. The molecule has 0 atom stereocenters. The first kappa shape index (κ1) is 23.9. The summed E-state index contributed by atoms with van der Waals surface area (Å²) < 4.78 is 11.9. The number of fused-ring (bicyclic) bond motifs is 1. The third kappa shape index (κ3) is 5.61. The van der Waals surface area contributed by atoms with Crippen LogP contribution >= 0.6 is 27.5 Å². The number of carbonyl (C=O) groups excluding carboxylic acids is 2. The normalized spacial score (nSPS) is 13.9. The maximum absolute atomic E-state index is 13.3. The van der Waals surface area contributed by atoms with Crippen molar-refractivity contribution in [3.8, 4) is 11.5 Å². The first-order chi connectivity index (χ1) is 16.4. The molecule has 3 aromatic rings. The first-order valence-corrected chi connectivity index (χ1v) is 11.8. The molecule has 0 saturated carbocycles. The standard InChI is InChI=1S/C26H22BrClN2O4/c1-33-22-11-8-18(14-20(22)27)15-24-26(32)30(21-4-2-3-5-23(21)34-24)16-25(31)29-13-12-17-6-9-19(28)10-7-17/h2-11,14-15H,12-13,16H2,1H3,(H,29,31). The highest BCUT2D eigenvalue weighted by molar-refractivity contribution is 9.10. The Morgan fingerprint density at radius 1 is 1.15 bits per heavy atom. The molecule has 0 bridgehead atoms. The molecule has 2 amide bonds. The Labute approximate surface area is 211 Å². The molecule has 1 heterocycles. The highest BCUT2D eigenvalue weighted by atomic mass is 79.9. The van der Waals surface area contributed by atoms with Gasteiger partial charge < -0.3 is 14.8 Å². The maximum atomic E-state index is 13.3. The fourth-order valence-corrected chi connectivity index (χ4v) is 4.22. The van der Waals surface area contributed by atoms with Crippen molar-refractivity contribution in [2.75, 3.05) is 25.1 Å². The van der Waals surface area contributed by atoms with Crippen molar-refractivity contribution in [3.63, 3.8) is 0 Å². The minimum atomic E-state index is -0.390. The Balaban J connectivity index is 1.49. The topological polar surface area (TPSA) is 67.9 Å². The van der Waals surface area contributed by atoms with Gasteiger partial charge in [-0.3, -0.25) is 14.5 Å². The van der Waals surface area contributed by atoms with Gasteiger partial charge in [0.15, 0.2) is 11.5 Å². The van der Waals surface area contributed by atoms with Crippen molar-refractivity contribution in [2.45, 2.75) is 6.42 Å². The van der Waals surface area contributed by atoms with Crippen molar-refractivity contribution >= 4 is 51.1 Å². The Bertz CT molecular complexity index is 1240. The number of methoxy groups -OCH3 is 1. The second-order valence-corrected chi connectivity index (χ2v) is 8.88. The summed E-state index contributed by atoms with van der Waals surface area (Å²) in [6, 6.07) is 20.1. The number of amides is 2. The summed E-state index contributed by atoms with van der Waals surface area (Å²) in [7, 11) is 1.58. The fourth-order valence-electron chi connectivity index (χ4n) is 3.54. The van der Waals surface area contributed by atoms with E-state index in [9.17, 15) is 9.59 Å². The summed E-state index contributed by atoms with van der Waals surface area (Å²) in [5.74, 6) is 0.670. The van der Waals surface area contributed by atoms with Crippen LogP contribution in [-0.2, 0) is 16.0 Å². The second kappa shape index (κ2) is 10.8. The molecule has 174 valence electrons. The lowest BCUT2D eigenvalue weighted by Crippen LogP contribution is -2.44. The number of hydrogen-bond acceptors (Lipinski definition) is 4. The van der Waals surface area contributed by atoms with Crippen LogP contribution in [0.1, 0.15) is 11.1 Å². The van der Waals surface area contributed by atoms with Gasteiger partial charge in [0.1, 0.15) is 12.3 Å². The highest BCUT2D eigenvalue weighted by Gasteiger charge is 2.31. The molecule has 0 radical (unpaired) electrons. The van der Waals surface area contributed by atoms with Crippen LogP contribution in [0.3, 0.4) is 0 Å². The molecule has 6 nitrogen and oxygen atoms in total. The van der Waals surface area contributed by atoms with E-state index in [-0.39, 0.29) is 18.2 Å². The molecule has 4 rings (SSSR count). The number of ether oxygens (including phenoxy) is 2. The van der Waals surface area contributed by atoms with Crippen LogP contribution in [0.2, 0.25) is 5.02 Å². The van der Waals surface area contributed by atoms with Crippen LogP contribution in [0, 0.1) is 0 Å². The van der Waals surface area contributed by atoms with E-state index < -0.39 is 5.91 Å². The molecule has 1 aliphatic rings. The van der Waals surface area contributed by atoms with Gasteiger partial charge in [0.05, 0.1) is 17.3 Å². The third-order valence-electron chi connectivity index (χ3n) is 5.26. The SMILES string of the molecule is COc1ccc(C=C2Oc3ccccc3N(CC(=O)NCCc3ccc(Cl)cc3)C2=O)cc1Br. The molecule has 0 saturated heterocycles. The quantitative estimate of drug-likeness (QED) is 0.416. The zero-order valence-electron chi connectivity index (χ0n) is 18.4. The van der Waals surface area contributed by atoms with Crippen LogP contribution in [0.4, 0.5) is 5.69 Å². The van der Waals surface area contributed by atoms with Gasteiger partial charge in [-0.1, -0.05) is 41.9 Å². The van der Waals surface area contributed by atoms with Crippen LogP contribution < -0.4 is 19.7 Å². The zero-order valence-corrected chi connectivity index (χ0v) is 20.7. The first-order valence-electron chi connectivity index (χ1n) is 10.6. The number of nitrogens with one attached hydrogen (secondary N) is 1. The molecule has 0 fully saturated rings. The molecule has 1 aliphatic heterocycles. The molecule has 0 spiro atoms. The smallest absolute Gasteiger partial charge is 0.294 e. The number of carbonyl (C=O) groups is 2. The van der Waals surface area contributed by atoms with E-state index in [0.29, 0.717) is 35.2 Å². The van der Waals surface area contributed by atoms with E-state index in [1.54, 1.807) is 37.5 Å². The molecule has 34 heavy (non-hydrogen) atoms. The Kier molecular flexibility index (Phi) is 7.55. The molecule has 3 aromatic carbocycles. The predicted octanol–water partition coefficient (Wildman–Crippen LogP) is 5.24. The van der Waals surface area contributed by atoms with Gasteiger partial charge in [-0.25, -0.2) is 0 Å². The van der Waals surface area contributed by atoms with Crippen molar-refractivity contribution in [2.24, 2.45) is 0 Å². The largest absolute Gasteiger partial charge is 0.496 e. The van der Waals surface area contributed by atoms with Gasteiger partial charge in [-0.05, 0) is 76.0 Å². The van der Waals surface area contributed by atoms with Gasteiger partial charge in [0.2, 0.25) is 5.91 Å². The lowest BCUT2D eigenvalue weighted by molar-refractivity contribution is -0.123. The van der Waals surface area contributed by atoms with Crippen LogP contribution in [-0.4, -0.2) is 32.0 Å². The van der Waals surface area contributed by atoms with Gasteiger partial charge in [0, 0.05) is 11.6 Å². The minimum absolute atomic E-state index is 0.122. The van der Waals surface area contributed by atoms with E-state index >= 15 is 0 Å². The van der Waals surface area contributed by atoms with Gasteiger partial charge in [-0.15, -0.1) is 0 Å². The molecule has 0 unspecified atom stereocenters. The molecule has 8 heteroatoms. The predicted molar refractivity (Wildman–Crippen MR) is 136 cm³/mol. The molecule has 0 aliphatic carbocycles. The summed E-state index contributed by atoms with van der Waals surface area (Å²) in [5, 5.41) is 3.55. The second-order valence-electron chi connectivity index (χ2n) is 7.59. The monoisotopic (exact) mass is 540 g/mol. The highest BCUT2D eigenvalue weighted by Crippen LogP contribution is 2.36. The van der Waals surface area contributed by atoms with Gasteiger partial charge in [-0.2, -0.15) is 0 Å². The zero-order chi connectivity index (χ0) is 24.1. The average molecular weight is 542 g/mol. The lowest BCUT2D eigenvalue weighted by atomic mass is 10.1. The Morgan fingerprint density at radius 3 is 2.65 bits per heavy atom. The number of nitrogens with zero attached hydrogens (tertiary/aromatic N) is 1. The summed E-state index contributed by atoms with van der Waals surface area (Å²) in [6.07, 6.45) is 2.31. The number of para-hydroxylation sites is 2. The van der Waals surface area contributed by atoms with E-state index in [1.807, 2.05) is 42.5 Å². The summed E-state index contributed by atoms with van der Waals surface area (Å²) in [4.78, 5) is 27.4. The maximum Gasteiger partial charge on any atom is 0.294 e. The van der Waals surface area contributed by atoms with E-state index in [0.717, 1.165) is 15.6 Å². The molecule has 1 N–H and O–H groups in total. The van der Waals surface area contributed by atoms with E-state index in [2.05, 4.69) is 21.2 Å². The lowest BCUT2D eigenvalue weighted by Gasteiger charge is -2.30. The van der Waals surface area contributed by atoms with Gasteiger partial charge in [0.25, 0.3) is 5.91 Å². The van der Waals surface area contributed by atoms with Crippen molar-refractivity contribution < 1.29 is 19.1 Å². The molecule has 0 aromatic heterocycles. The number of halogens is 2. The van der Waals surface area contributed by atoms with Crippen LogP contribution in [0.5, 0.6) is 11.5 Å². The van der Waals surface area contributed by atoms with Crippen molar-refractivity contribution in [3.05, 3.63) is 93.1 Å². The number of rotatable bonds is 7. The average Bonchev–Trinajstić information content (AvgIpc) is 2.83. The van der Waals surface area contributed by atoms with Crippen LogP contribution in [0.25, 0.3) is 6.08 Å². The molecular weight excluding hydrogens is 520 g/mol. The minimum Gasteiger partial charge on any atom is -0.496 e. The number of benzene rings is 3.